The van der Waals surface area contributed by atoms with Crippen LogP contribution < -0.4 is 11.1 Å². The molecule has 1 atom stereocenters. The van der Waals surface area contributed by atoms with E-state index in [4.69, 9.17) is 10.5 Å². The van der Waals surface area contributed by atoms with E-state index in [0.717, 1.165) is 25.1 Å². The van der Waals surface area contributed by atoms with Gasteiger partial charge in [-0.05, 0) is 31.2 Å². The number of amides is 1. The topological polar surface area (TPSA) is 121 Å². The van der Waals surface area contributed by atoms with Gasteiger partial charge in [0.25, 0.3) is 5.92 Å². The number of hydrogen-bond donors (Lipinski definition) is 2. The first-order valence-electron chi connectivity index (χ1n) is 8.64. The van der Waals surface area contributed by atoms with Crippen molar-refractivity contribution in [3.63, 3.8) is 0 Å². The highest BCUT2D eigenvalue weighted by Gasteiger charge is 2.54. The lowest BCUT2D eigenvalue weighted by Crippen LogP contribution is -2.45. The summed E-state index contributed by atoms with van der Waals surface area (Å²) in [7, 11) is 1.57. The Balaban J connectivity index is 1.85. The van der Waals surface area contributed by atoms with Crippen molar-refractivity contribution in [3.8, 4) is 0 Å². The molecule has 1 amide bonds. The van der Waals surface area contributed by atoms with Gasteiger partial charge in [-0.2, -0.15) is 5.10 Å². The first kappa shape index (κ1) is 21.3. The predicted molar refractivity (Wildman–Crippen MR) is 98.8 cm³/mol. The first-order chi connectivity index (χ1) is 14.0. The van der Waals surface area contributed by atoms with Crippen LogP contribution in [0.1, 0.15) is 23.0 Å². The summed E-state index contributed by atoms with van der Waals surface area (Å²) in [6, 6.07) is 4.31. The number of esters is 1. The van der Waals surface area contributed by atoms with Crippen LogP contribution >= 0.6 is 0 Å². The van der Waals surface area contributed by atoms with Crippen LogP contribution in [0.5, 0.6) is 0 Å². The van der Waals surface area contributed by atoms with Crippen molar-refractivity contribution in [2.75, 3.05) is 18.5 Å². The standard InChI is InChI=1S/C18H18F3N5O4/c1-17(18(20,21)9-29-8-14(22)24-17)11-7-10(3-4-12(11)19)23-16(28)30-15(27)13-5-6-26(2)25-13/h3-7H,8-9H2,1-2H3,(H2,22,24)(H,23,28)/t17-/m1/s1. The third kappa shape index (κ3) is 4.13. The molecule has 2 heterocycles. The highest BCUT2D eigenvalue weighted by molar-refractivity contribution is 5.99. The first-order valence-corrected chi connectivity index (χ1v) is 8.64. The number of aliphatic imine (C=N–C) groups is 1. The Morgan fingerprint density at radius 2 is 2.07 bits per heavy atom. The molecular formula is C18H18F3N5O4. The summed E-state index contributed by atoms with van der Waals surface area (Å²) in [6.07, 6.45) is 0.275. The third-order valence-electron chi connectivity index (χ3n) is 4.46. The second-order valence-corrected chi connectivity index (χ2v) is 6.74. The van der Waals surface area contributed by atoms with E-state index < -0.39 is 41.5 Å². The number of amidine groups is 1. The molecule has 1 aromatic carbocycles. The van der Waals surface area contributed by atoms with Crippen LogP contribution in [-0.2, 0) is 22.1 Å². The van der Waals surface area contributed by atoms with Gasteiger partial charge in [0.05, 0.1) is 0 Å². The summed E-state index contributed by atoms with van der Waals surface area (Å²) in [5, 5.41) is 5.98. The summed E-state index contributed by atoms with van der Waals surface area (Å²) < 4.78 is 54.6. The quantitative estimate of drug-likeness (QED) is 0.575. The van der Waals surface area contributed by atoms with E-state index in [-0.39, 0.29) is 23.8 Å². The van der Waals surface area contributed by atoms with E-state index in [1.807, 2.05) is 0 Å². The highest BCUT2D eigenvalue weighted by atomic mass is 19.3. The number of aryl methyl sites for hydroxylation is 1. The van der Waals surface area contributed by atoms with Gasteiger partial charge < -0.3 is 15.2 Å². The average molecular weight is 425 g/mol. The monoisotopic (exact) mass is 425 g/mol. The van der Waals surface area contributed by atoms with Gasteiger partial charge >= 0.3 is 12.1 Å². The van der Waals surface area contributed by atoms with Crippen molar-refractivity contribution < 1.29 is 32.2 Å². The number of halogens is 3. The number of rotatable bonds is 3. The molecule has 160 valence electrons. The Kier molecular flexibility index (Phi) is 5.53. The Bertz CT molecular complexity index is 1020. The lowest BCUT2D eigenvalue weighted by Gasteiger charge is -2.33. The molecule has 1 aromatic heterocycles. The summed E-state index contributed by atoms with van der Waals surface area (Å²) in [5.74, 6) is -5.83. The minimum absolute atomic E-state index is 0.0961. The van der Waals surface area contributed by atoms with E-state index in [0.29, 0.717) is 0 Å². The smallest absolute Gasteiger partial charge is 0.385 e. The van der Waals surface area contributed by atoms with Crippen molar-refractivity contribution in [3.05, 3.63) is 47.5 Å². The number of carbonyl (C=O) groups is 2. The van der Waals surface area contributed by atoms with Gasteiger partial charge in [0.2, 0.25) is 0 Å². The van der Waals surface area contributed by atoms with Gasteiger partial charge in [-0.1, -0.05) is 0 Å². The zero-order valence-corrected chi connectivity index (χ0v) is 16.0. The lowest BCUT2D eigenvalue weighted by atomic mass is 9.85. The number of nitrogens with zero attached hydrogens (tertiary/aromatic N) is 3. The number of hydrogen-bond acceptors (Lipinski definition) is 7. The van der Waals surface area contributed by atoms with Crippen LogP contribution in [0.25, 0.3) is 0 Å². The van der Waals surface area contributed by atoms with Crippen molar-refractivity contribution in [2.24, 2.45) is 17.8 Å². The third-order valence-corrected chi connectivity index (χ3v) is 4.46. The maximum atomic E-state index is 14.7. The predicted octanol–water partition coefficient (Wildman–Crippen LogP) is 2.19. The fraction of sp³-hybridized carbons (Fsp3) is 0.333. The van der Waals surface area contributed by atoms with E-state index in [9.17, 15) is 22.8 Å². The maximum Gasteiger partial charge on any atom is 0.419 e. The molecular weight excluding hydrogens is 407 g/mol. The van der Waals surface area contributed by atoms with Crippen LogP contribution in [0, 0.1) is 5.82 Å². The Morgan fingerprint density at radius 1 is 1.33 bits per heavy atom. The van der Waals surface area contributed by atoms with Crippen LogP contribution in [-0.4, -0.2) is 46.8 Å². The highest BCUT2D eigenvalue weighted by Crippen LogP contribution is 2.44. The molecule has 3 rings (SSSR count). The van der Waals surface area contributed by atoms with Crippen LogP contribution in [0.4, 0.5) is 23.7 Å². The molecule has 0 radical (unpaired) electrons. The van der Waals surface area contributed by atoms with E-state index in [2.05, 4.69) is 20.1 Å². The van der Waals surface area contributed by atoms with E-state index in [1.165, 1.54) is 16.9 Å². The second-order valence-electron chi connectivity index (χ2n) is 6.74. The summed E-state index contributed by atoms with van der Waals surface area (Å²) >= 11 is 0. The van der Waals surface area contributed by atoms with Crippen LogP contribution in [0.2, 0.25) is 0 Å². The van der Waals surface area contributed by atoms with Crippen LogP contribution in [0.15, 0.2) is 35.5 Å². The van der Waals surface area contributed by atoms with Crippen LogP contribution in [0.3, 0.4) is 0 Å². The summed E-state index contributed by atoms with van der Waals surface area (Å²) in [6.45, 7) is -0.336. The molecule has 12 heteroatoms. The van der Waals surface area contributed by atoms with Crippen molar-refractivity contribution >= 4 is 23.6 Å². The molecule has 1 aliphatic rings. The molecule has 0 spiro atoms. The lowest BCUT2D eigenvalue weighted by molar-refractivity contribution is -0.116. The fourth-order valence-corrected chi connectivity index (χ4v) is 2.86. The number of alkyl halides is 2. The number of anilines is 1. The fourth-order valence-electron chi connectivity index (χ4n) is 2.86. The Morgan fingerprint density at radius 3 is 2.73 bits per heavy atom. The zero-order valence-electron chi connectivity index (χ0n) is 16.0. The molecule has 1 aliphatic heterocycles. The molecule has 0 saturated heterocycles. The van der Waals surface area contributed by atoms with Gasteiger partial charge in [-0.3, -0.25) is 15.0 Å². The number of benzene rings is 1. The average Bonchev–Trinajstić information content (AvgIpc) is 3.05. The molecule has 3 N–H and O–H groups in total. The molecule has 0 aliphatic carbocycles. The molecule has 0 fully saturated rings. The molecule has 2 aromatic rings. The van der Waals surface area contributed by atoms with E-state index >= 15 is 0 Å². The molecule has 0 unspecified atom stereocenters. The number of nitrogens with one attached hydrogen (secondary N) is 1. The minimum atomic E-state index is -3.59. The Hall–Kier alpha value is -3.41. The largest absolute Gasteiger partial charge is 0.419 e. The number of nitrogens with two attached hydrogens (primary N) is 1. The number of carbonyl (C=O) groups excluding carboxylic acids is 2. The molecule has 30 heavy (non-hydrogen) atoms. The zero-order chi connectivity index (χ0) is 22.1. The van der Waals surface area contributed by atoms with Crippen molar-refractivity contribution in [1.29, 1.82) is 0 Å². The second kappa shape index (κ2) is 7.78. The number of aromatic nitrogens is 2. The SMILES string of the molecule is Cn1ccc(C(=O)OC(=O)Nc2ccc(F)c([C@@]3(C)N=C(N)COCC3(F)F)c2)n1. The van der Waals surface area contributed by atoms with Gasteiger partial charge in [0.15, 0.2) is 11.2 Å². The number of ether oxygens (including phenoxy) is 2. The van der Waals surface area contributed by atoms with Crippen molar-refractivity contribution in [2.45, 2.75) is 18.4 Å². The minimum Gasteiger partial charge on any atom is -0.385 e. The summed E-state index contributed by atoms with van der Waals surface area (Å²) in [5.41, 5.74) is 2.47. The molecule has 0 saturated carbocycles. The normalized spacial score (nSPS) is 20.8. The van der Waals surface area contributed by atoms with Gasteiger partial charge in [-0.25, -0.2) is 22.8 Å². The summed E-state index contributed by atoms with van der Waals surface area (Å²) in [4.78, 5) is 27.6. The van der Waals surface area contributed by atoms with E-state index in [1.54, 1.807) is 7.05 Å². The van der Waals surface area contributed by atoms with Crippen molar-refractivity contribution in [1.82, 2.24) is 9.78 Å². The van der Waals surface area contributed by atoms with Gasteiger partial charge in [0, 0.05) is 24.5 Å². The van der Waals surface area contributed by atoms with Gasteiger partial charge in [0.1, 0.15) is 24.9 Å². The molecule has 0 bridgehead atoms. The van der Waals surface area contributed by atoms with Gasteiger partial charge in [-0.15, -0.1) is 0 Å². The Labute approximate surface area is 168 Å². The maximum absolute atomic E-state index is 14.7. The molecule has 9 nitrogen and oxygen atoms in total.